The Morgan fingerprint density at radius 1 is 1.10 bits per heavy atom. The maximum atomic E-state index is 12.4. The lowest BCUT2D eigenvalue weighted by molar-refractivity contribution is 0.561. The van der Waals surface area contributed by atoms with Crippen molar-refractivity contribution in [2.24, 2.45) is 5.14 Å². The lowest BCUT2D eigenvalue weighted by atomic mass is 10.1. The summed E-state index contributed by atoms with van der Waals surface area (Å²) in [7, 11) is -3.75. The molecule has 0 unspecified atom stereocenters. The predicted octanol–water partition coefficient (Wildman–Crippen LogP) is 4.83. The van der Waals surface area contributed by atoms with E-state index in [1.165, 1.54) is 23.5 Å². The fraction of sp³-hybridized carbons (Fsp3) is 0. The third-order valence-electron chi connectivity index (χ3n) is 3.97. The molecule has 2 aromatic carbocycles. The van der Waals surface area contributed by atoms with E-state index in [9.17, 15) is 13.2 Å². The van der Waals surface area contributed by atoms with Crippen LogP contribution in [0.1, 0.15) is 0 Å². The van der Waals surface area contributed by atoms with E-state index in [0.717, 1.165) is 9.86 Å². The number of primary sulfonamides is 1. The highest BCUT2D eigenvalue weighted by molar-refractivity contribution is 9.11. The number of halogens is 2. The average Bonchev–Trinajstić information content (AvgIpc) is 3.10. The van der Waals surface area contributed by atoms with Crippen LogP contribution >= 0.6 is 43.2 Å². The largest absolute Gasteiger partial charge is 0.421 e. The molecule has 0 aliphatic heterocycles. The van der Waals surface area contributed by atoms with Gasteiger partial charge in [-0.05, 0) is 58.4 Å². The average molecular weight is 557 g/mol. The summed E-state index contributed by atoms with van der Waals surface area (Å²) >= 11 is 8.12. The molecular weight excluding hydrogens is 546 g/mol. The molecule has 2 heterocycles. The van der Waals surface area contributed by atoms with Crippen LogP contribution in [0, 0.1) is 0 Å². The van der Waals surface area contributed by atoms with Crippen LogP contribution in [-0.2, 0) is 10.0 Å². The summed E-state index contributed by atoms with van der Waals surface area (Å²) in [5, 5.41) is 11.2. The highest BCUT2D eigenvalue weighted by Crippen LogP contribution is 2.31. The molecule has 0 aliphatic carbocycles. The summed E-state index contributed by atoms with van der Waals surface area (Å²) in [6, 6.07) is 11.4. The first-order chi connectivity index (χ1) is 13.7. The van der Waals surface area contributed by atoms with Crippen molar-refractivity contribution in [3.8, 4) is 11.3 Å². The summed E-state index contributed by atoms with van der Waals surface area (Å²) in [5.74, 6) is 0. The Labute approximate surface area is 185 Å². The second-order valence-electron chi connectivity index (χ2n) is 5.99. The van der Waals surface area contributed by atoms with Gasteiger partial charge in [0.1, 0.15) is 0 Å². The number of benzene rings is 2. The zero-order chi connectivity index (χ0) is 20.8. The van der Waals surface area contributed by atoms with Gasteiger partial charge < -0.3 is 9.73 Å². The standard InChI is InChI=1S/C18H11Br2N3O4S2/c19-10-5-9-6-13(17(24)27-16(9)14(20)7-10)15-8-28-18(23-15)22-11-1-3-12(4-2-11)29(21,25)26/h1-8H,(H,22,23)(H2,21,25,26). The Balaban J connectivity index is 1.65. The van der Waals surface area contributed by atoms with Crippen LogP contribution in [0.15, 0.2) is 70.9 Å². The molecule has 0 saturated heterocycles. The Hall–Kier alpha value is -2.05. The van der Waals surface area contributed by atoms with E-state index >= 15 is 0 Å². The van der Waals surface area contributed by atoms with Crippen LogP contribution in [0.2, 0.25) is 0 Å². The van der Waals surface area contributed by atoms with Crippen molar-refractivity contribution in [2.75, 3.05) is 5.32 Å². The van der Waals surface area contributed by atoms with E-state index in [-0.39, 0.29) is 4.90 Å². The number of rotatable bonds is 4. The summed E-state index contributed by atoms with van der Waals surface area (Å²) in [5.41, 5.74) is 1.43. The van der Waals surface area contributed by atoms with Gasteiger partial charge in [-0.1, -0.05) is 15.9 Å². The highest BCUT2D eigenvalue weighted by atomic mass is 79.9. The lowest BCUT2D eigenvalue weighted by Crippen LogP contribution is -2.11. The van der Waals surface area contributed by atoms with E-state index < -0.39 is 15.6 Å². The van der Waals surface area contributed by atoms with Gasteiger partial charge in [-0.2, -0.15) is 0 Å². The van der Waals surface area contributed by atoms with Crippen molar-refractivity contribution in [1.82, 2.24) is 4.98 Å². The van der Waals surface area contributed by atoms with E-state index in [2.05, 4.69) is 42.2 Å². The van der Waals surface area contributed by atoms with Crippen LogP contribution in [0.3, 0.4) is 0 Å². The summed E-state index contributed by atoms with van der Waals surface area (Å²) in [6.45, 7) is 0. The molecule has 29 heavy (non-hydrogen) atoms. The summed E-state index contributed by atoms with van der Waals surface area (Å²) < 4.78 is 29.6. The second-order valence-corrected chi connectivity index (χ2v) is 10.2. The molecule has 0 atom stereocenters. The smallest absolute Gasteiger partial charge is 0.345 e. The Morgan fingerprint density at radius 3 is 2.52 bits per heavy atom. The van der Waals surface area contributed by atoms with Crippen LogP contribution in [0.4, 0.5) is 10.8 Å². The molecule has 0 saturated carbocycles. The maximum Gasteiger partial charge on any atom is 0.345 e. The molecule has 0 aliphatic rings. The van der Waals surface area contributed by atoms with Gasteiger partial charge in [0.15, 0.2) is 10.7 Å². The lowest BCUT2D eigenvalue weighted by Gasteiger charge is -2.04. The maximum absolute atomic E-state index is 12.4. The van der Waals surface area contributed by atoms with Crippen LogP contribution in [-0.4, -0.2) is 13.4 Å². The molecule has 4 rings (SSSR count). The van der Waals surface area contributed by atoms with Crippen molar-refractivity contribution in [1.29, 1.82) is 0 Å². The molecule has 3 N–H and O–H groups in total. The van der Waals surface area contributed by atoms with Gasteiger partial charge >= 0.3 is 5.63 Å². The predicted molar refractivity (Wildman–Crippen MR) is 120 cm³/mol. The quantitative estimate of drug-likeness (QED) is 0.348. The molecule has 4 aromatic rings. The molecule has 0 fully saturated rings. The number of anilines is 2. The van der Waals surface area contributed by atoms with E-state index in [1.807, 2.05) is 6.07 Å². The van der Waals surface area contributed by atoms with Crippen LogP contribution in [0.25, 0.3) is 22.2 Å². The van der Waals surface area contributed by atoms with E-state index in [4.69, 9.17) is 9.56 Å². The SMILES string of the molecule is NS(=O)(=O)c1ccc(Nc2nc(-c3cc4cc(Br)cc(Br)c4oc3=O)cs2)cc1. The van der Waals surface area contributed by atoms with E-state index in [1.54, 1.807) is 29.6 Å². The molecule has 0 spiro atoms. The molecule has 0 amide bonds. The zero-order valence-corrected chi connectivity index (χ0v) is 19.2. The van der Waals surface area contributed by atoms with Crippen molar-refractivity contribution in [2.45, 2.75) is 4.90 Å². The number of sulfonamides is 1. The first kappa shape index (κ1) is 20.2. The number of nitrogens with one attached hydrogen (secondary N) is 1. The molecular formula is C18H11Br2N3O4S2. The minimum Gasteiger partial charge on any atom is -0.421 e. The minimum atomic E-state index is -3.75. The molecule has 0 bridgehead atoms. The number of hydrogen-bond donors (Lipinski definition) is 2. The highest BCUT2D eigenvalue weighted by Gasteiger charge is 2.14. The van der Waals surface area contributed by atoms with Gasteiger partial charge in [0.25, 0.3) is 0 Å². The van der Waals surface area contributed by atoms with Crippen molar-refractivity contribution >= 4 is 75.0 Å². The molecule has 2 aromatic heterocycles. The van der Waals surface area contributed by atoms with E-state index in [0.29, 0.717) is 32.1 Å². The van der Waals surface area contributed by atoms with Crippen molar-refractivity contribution < 1.29 is 12.8 Å². The number of nitrogens with zero attached hydrogens (tertiary/aromatic N) is 1. The fourth-order valence-electron chi connectivity index (χ4n) is 2.64. The van der Waals surface area contributed by atoms with Gasteiger partial charge in [-0.25, -0.2) is 23.3 Å². The van der Waals surface area contributed by atoms with Crippen LogP contribution in [0.5, 0.6) is 0 Å². The molecule has 0 radical (unpaired) electrons. The fourth-order valence-corrected chi connectivity index (χ4v) is 5.23. The number of fused-ring (bicyclic) bond motifs is 1. The van der Waals surface area contributed by atoms with Crippen molar-refractivity contribution in [3.05, 3.63) is 67.2 Å². The van der Waals surface area contributed by atoms with Gasteiger partial charge in [-0.15, -0.1) is 11.3 Å². The molecule has 148 valence electrons. The number of aromatic nitrogens is 1. The zero-order valence-electron chi connectivity index (χ0n) is 14.3. The van der Waals surface area contributed by atoms with Gasteiger partial charge in [0, 0.05) is 20.9 Å². The Morgan fingerprint density at radius 2 is 1.83 bits per heavy atom. The minimum absolute atomic E-state index is 0.0222. The summed E-state index contributed by atoms with van der Waals surface area (Å²) in [6.07, 6.45) is 0. The number of thiazole rings is 1. The van der Waals surface area contributed by atoms with Gasteiger partial charge in [0.2, 0.25) is 10.0 Å². The Bertz CT molecular complexity index is 1400. The topological polar surface area (TPSA) is 115 Å². The second kappa shape index (κ2) is 7.65. The van der Waals surface area contributed by atoms with Gasteiger partial charge in [0.05, 0.1) is 20.6 Å². The molecule has 7 nitrogen and oxygen atoms in total. The monoisotopic (exact) mass is 555 g/mol. The first-order valence-corrected chi connectivity index (χ1v) is 12.0. The Kier molecular flexibility index (Phi) is 5.34. The first-order valence-electron chi connectivity index (χ1n) is 7.99. The third kappa shape index (κ3) is 4.28. The van der Waals surface area contributed by atoms with Crippen molar-refractivity contribution in [3.63, 3.8) is 0 Å². The summed E-state index contributed by atoms with van der Waals surface area (Å²) in [4.78, 5) is 16.9. The van der Waals surface area contributed by atoms with Gasteiger partial charge in [-0.3, -0.25) is 0 Å². The number of nitrogens with two attached hydrogens (primary N) is 1. The normalized spacial score (nSPS) is 11.7. The molecule has 11 heteroatoms. The van der Waals surface area contributed by atoms with Crippen LogP contribution < -0.4 is 16.1 Å². The third-order valence-corrected chi connectivity index (χ3v) is 6.70. The number of hydrogen-bond acceptors (Lipinski definition) is 7.